The van der Waals surface area contributed by atoms with Crippen molar-refractivity contribution in [3.05, 3.63) is 40.3 Å². The van der Waals surface area contributed by atoms with Crippen molar-refractivity contribution in [2.75, 3.05) is 19.8 Å². The van der Waals surface area contributed by atoms with Crippen LogP contribution in [-0.4, -0.2) is 40.3 Å². The zero-order valence-electron chi connectivity index (χ0n) is 13.8. The number of carbonyl (C=O) groups excluding carboxylic acids is 1. The van der Waals surface area contributed by atoms with Gasteiger partial charge in [0, 0.05) is 30.8 Å². The minimum Gasteiger partial charge on any atom is -0.381 e. The van der Waals surface area contributed by atoms with Crippen LogP contribution in [0.2, 0.25) is 0 Å². The highest BCUT2D eigenvalue weighted by molar-refractivity contribution is 7.10. The maximum Gasteiger partial charge on any atom is 0.228 e. The Labute approximate surface area is 146 Å². The molecule has 0 N–H and O–H groups in total. The van der Waals surface area contributed by atoms with Crippen LogP contribution in [0.1, 0.15) is 35.9 Å². The van der Waals surface area contributed by atoms with E-state index in [9.17, 15) is 4.79 Å². The number of amides is 1. The molecule has 128 valence electrons. The first-order valence-electron chi connectivity index (χ1n) is 8.70. The van der Waals surface area contributed by atoms with E-state index in [2.05, 4.69) is 9.78 Å². The fraction of sp³-hybridized carbons (Fsp3) is 0.556. The van der Waals surface area contributed by atoms with Crippen molar-refractivity contribution in [3.8, 4) is 0 Å². The first-order valence-corrected chi connectivity index (χ1v) is 9.58. The summed E-state index contributed by atoms with van der Waals surface area (Å²) in [6.07, 6.45) is 5.87. The summed E-state index contributed by atoms with van der Waals surface area (Å²) < 4.78 is 7.87. The van der Waals surface area contributed by atoms with E-state index in [0.29, 0.717) is 13.0 Å². The van der Waals surface area contributed by atoms with E-state index in [-0.39, 0.29) is 11.9 Å². The number of fused-ring (bicyclic) bond motifs is 1. The van der Waals surface area contributed by atoms with Gasteiger partial charge in [-0.3, -0.25) is 9.48 Å². The number of nitrogens with zero attached hydrogens (tertiary/aromatic N) is 3. The zero-order valence-corrected chi connectivity index (χ0v) is 14.6. The van der Waals surface area contributed by atoms with E-state index >= 15 is 0 Å². The fourth-order valence-electron chi connectivity index (χ4n) is 3.22. The third kappa shape index (κ3) is 3.70. The number of hydrogen-bond acceptors (Lipinski definition) is 4. The molecule has 1 atom stereocenters. The van der Waals surface area contributed by atoms with Gasteiger partial charge in [0.25, 0.3) is 0 Å². The minimum absolute atomic E-state index is 0.203. The van der Waals surface area contributed by atoms with Gasteiger partial charge in [-0.2, -0.15) is 5.10 Å². The van der Waals surface area contributed by atoms with Crippen molar-refractivity contribution in [1.29, 1.82) is 0 Å². The molecule has 2 aromatic rings. The van der Waals surface area contributed by atoms with Crippen molar-refractivity contribution in [2.24, 2.45) is 5.92 Å². The summed E-state index contributed by atoms with van der Waals surface area (Å²) >= 11 is 1.64. The maximum atomic E-state index is 12.6. The Morgan fingerprint density at radius 1 is 1.38 bits per heavy atom. The molecule has 4 rings (SSSR count). The molecule has 2 aliphatic rings. The van der Waals surface area contributed by atoms with E-state index < -0.39 is 0 Å². The van der Waals surface area contributed by atoms with Crippen LogP contribution in [-0.2, 0) is 22.5 Å². The molecule has 1 amide bonds. The fourth-order valence-corrected chi connectivity index (χ4v) is 3.91. The summed E-state index contributed by atoms with van der Waals surface area (Å²) in [6, 6.07) is 6.26. The van der Waals surface area contributed by atoms with Gasteiger partial charge in [-0.25, -0.2) is 0 Å². The van der Waals surface area contributed by atoms with Gasteiger partial charge in [-0.1, -0.05) is 6.07 Å². The lowest BCUT2D eigenvalue weighted by Gasteiger charge is -2.34. The number of aromatic nitrogens is 2. The molecule has 2 aromatic heterocycles. The Kier molecular flexibility index (Phi) is 4.67. The number of rotatable bonds is 7. The van der Waals surface area contributed by atoms with Crippen LogP contribution in [0.25, 0.3) is 0 Å². The van der Waals surface area contributed by atoms with Gasteiger partial charge in [-0.05, 0) is 42.7 Å². The highest BCUT2D eigenvalue weighted by Gasteiger charge is 2.28. The molecule has 1 aliphatic carbocycles. The molecule has 0 aromatic carbocycles. The molecule has 0 spiro atoms. The Hall–Kier alpha value is -1.66. The van der Waals surface area contributed by atoms with Crippen molar-refractivity contribution in [2.45, 2.75) is 38.3 Å². The third-order valence-electron chi connectivity index (χ3n) is 4.79. The first kappa shape index (κ1) is 15.8. The Bertz CT molecular complexity index is 678. The SMILES string of the molecule is O=C(Cc1cccs1)N1Cc2ccnn2C(CCOCC2CC2)C1. The van der Waals surface area contributed by atoms with Crippen LogP contribution in [0.15, 0.2) is 29.8 Å². The largest absolute Gasteiger partial charge is 0.381 e. The lowest BCUT2D eigenvalue weighted by molar-refractivity contribution is -0.132. The Morgan fingerprint density at radius 3 is 3.08 bits per heavy atom. The molecule has 0 radical (unpaired) electrons. The second kappa shape index (κ2) is 7.07. The van der Waals surface area contributed by atoms with Crippen LogP contribution in [0, 0.1) is 5.92 Å². The summed E-state index contributed by atoms with van der Waals surface area (Å²) in [5, 5.41) is 6.48. The van der Waals surface area contributed by atoms with Crippen LogP contribution >= 0.6 is 11.3 Å². The van der Waals surface area contributed by atoms with Crippen molar-refractivity contribution in [1.82, 2.24) is 14.7 Å². The molecule has 5 nitrogen and oxygen atoms in total. The smallest absolute Gasteiger partial charge is 0.228 e. The standard InChI is InChI=1S/C18H23N3O2S/c22-18(10-17-2-1-9-24-17)20-11-15-5-7-19-21(15)16(12-20)6-8-23-13-14-3-4-14/h1-2,5,7,9,14,16H,3-4,6,8,10-13H2. The van der Waals surface area contributed by atoms with Crippen LogP contribution < -0.4 is 0 Å². The number of carbonyl (C=O) groups is 1. The van der Waals surface area contributed by atoms with Gasteiger partial charge in [0.15, 0.2) is 0 Å². The summed E-state index contributed by atoms with van der Waals surface area (Å²) in [7, 11) is 0. The minimum atomic E-state index is 0.203. The predicted molar refractivity (Wildman–Crippen MR) is 92.9 cm³/mol. The maximum absolute atomic E-state index is 12.6. The lowest BCUT2D eigenvalue weighted by Crippen LogP contribution is -2.42. The van der Waals surface area contributed by atoms with E-state index in [1.54, 1.807) is 11.3 Å². The van der Waals surface area contributed by atoms with Crippen LogP contribution in [0.3, 0.4) is 0 Å². The molecule has 1 aliphatic heterocycles. The van der Waals surface area contributed by atoms with E-state index in [0.717, 1.165) is 42.7 Å². The highest BCUT2D eigenvalue weighted by atomic mass is 32.1. The first-order chi connectivity index (χ1) is 11.8. The van der Waals surface area contributed by atoms with Crippen molar-refractivity contribution >= 4 is 17.2 Å². The van der Waals surface area contributed by atoms with E-state index in [1.165, 1.54) is 12.8 Å². The molecule has 3 heterocycles. The summed E-state index contributed by atoms with van der Waals surface area (Å²) in [4.78, 5) is 15.7. The number of hydrogen-bond donors (Lipinski definition) is 0. The lowest BCUT2D eigenvalue weighted by atomic mass is 10.1. The molecule has 6 heteroatoms. The summed E-state index contributed by atoms with van der Waals surface area (Å²) in [6.45, 7) is 3.02. The quantitative estimate of drug-likeness (QED) is 0.725. The number of thiophene rings is 1. The van der Waals surface area contributed by atoms with Gasteiger partial charge in [0.2, 0.25) is 5.91 Å². The van der Waals surface area contributed by atoms with Crippen molar-refractivity contribution in [3.63, 3.8) is 0 Å². The van der Waals surface area contributed by atoms with Gasteiger partial charge in [0.1, 0.15) is 0 Å². The molecule has 0 bridgehead atoms. The van der Waals surface area contributed by atoms with Gasteiger partial charge < -0.3 is 9.64 Å². The van der Waals surface area contributed by atoms with Gasteiger partial charge in [0.05, 0.1) is 24.7 Å². The third-order valence-corrected chi connectivity index (χ3v) is 5.66. The van der Waals surface area contributed by atoms with Crippen LogP contribution in [0.5, 0.6) is 0 Å². The highest BCUT2D eigenvalue weighted by Crippen LogP contribution is 2.29. The molecular weight excluding hydrogens is 322 g/mol. The Morgan fingerprint density at radius 2 is 2.29 bits per heavy atom. The van der Waals surface area contributed by atoms with Gasteiger partial charge >= 0.3 is 0 Å². The molecule has 1 fully saturated rings. The Balaban J connectivity index is 1.37. The average Bonchev–Trinajstić information content (AvgIpc) is 3.06. The molecular formula is C18H23N3O2S. The second-order valence-electron chi connectivity index (χ2n) is 6.76. The summed E-state index contributed by atoms with van der Waals surface area (Å²) in [5.41, 5.74) is 1.12. The summed E-state index contributed by atoms with van der Waals surface area (Å²) in [5.74, 6) is 0.995. The molecule has 1 unspecified atom stereocenters. The zero-order chi connectivity index (χ0) is 16.4. The monoisotopic (exact) mass is 345 g/mol. The van der Waals surface area contributed by atoms with Crippen LogP contribution in [0.4, 0.5) is 0 Å². The number of ether oxygens (including phenoxy) is 1. The van der Waals surface area contributed by atoms with E-state index in [1.807, 2.05) is 34.7 Å². The molecule has 0 saturated heterocycles. The predicted octanol–water partition coefficient (Wildman–Crippen LogP) is 2.89. The van der Waals surface area contributed by atoms with E-state index in [4.69, 9.17) is 4.74 Å². The van der Waals surface area contributed by atoms with Crippen molar-refractivity contribution < 1.29 is 9.53 Å². The molecule has 1 saturated carbocycles. The normalized spacial score (nSPS) is 20.2. The topological polar surface area (TPSA) is 47.4 Å². The van der Waals surface area contributed by atoms with Gasteiger partial charge in [-0.15, -0.1) is 11.3 Å². The average molecular weight is 345 g/mol. The second-order valence-corrected chi connectivity index (χ2v) is 7.79. The molecule has 24 heavy (non-hydrogen) atoms.